The standard InChI is InChI=1S/C12H14FN3/c13-9-1-2-10-11(7-9)15-8-12(10)16-5-3-14-4-6-16/h1-2,7-8,14-15H,3-6H2. The van der Waals surface area contributed by atoms with Crippen molar-refractivity contribution in [2.75, 3.05) is 31.1 Å². The van der Waals surface area contributed by atoms with E-state index in [9.17, 15) is 4.39 Å². The van der Waals surface area contributed by atoms with Crippen LogP contribution in [0.1, 0.15) is 0 Å². The lowest BCUT2D eigenvalue weighted by molar-refractivity contribution is 0.590. The van der Waals surface area contributed by atoms with Gasteiger partial charge in [-0.05, 0) is 18.2 Å². The number of aromatic amines is 1. The lowest BCUT2D eigenvalue weighted by Gasteiger charge is -2.28. The van der Waals surface area contributed by atoms with E-state index in [4.69, 9.17) is 0 Å². The number of nitrogens with one attached hydrogen (secondary N) is 2. The van der Waals surface area contributed by atoms with Crippen LogP contribution in [0.5, 0.6) is 0 Å². The summed E-state index contributed by atoms with van der Waals surface area (Å²) in [5.74, 6) is -0.193. The molecule has 0 amide bonds. The van der Waals surface area contributed by atoms with E-state index in [1.165, 1.54) is 11.8 Å². The fourth-order valence-corrected chi connectivity index (χ4v) is 2.25. The van der Waals surface area contributed by atoms with Gasteiger partial charge in [-0.2, -0.15) is 0 Å². The third kappa shape index (κ3) is 1.55. The first-order chi connectivity index (χ1) is 7.84. The summed E-state index contributed by atoms with van der Waals surface area (Å²) in [5, 5.41) is 4.42. The van der Waals surface area contributed by atoms with Gasteiger partial charge in [0.1, 0.15) is 5.82 Å². The van der Waals surface area contributed by atoms with Gasteiger partial charge in [0.05, 0.1) is 11.2 Å². The number of nitrogens with zero attached hydrogens (tertiary/aromatic N) is 1. The van der Waals surface area contributed by atoms with Gasteiger partial charge in [-0.1, -0.05) is 0 Å². The van der Waals surface area contributed by atoms with Gasteiger partial charge < -0.3 is 15.2 Å². The van der Waals surface area contributed by atoms with E-state index in [1.54, 1.807) is 6.07 Å². The molecule has 3 rings (SSSR count). The third-order valence-electron chi connectivity index (χ3n) is 3.08. The Morgan fingerprint density at radius 3 is 2.81 bits per heavy atom. The molecule has 0 spiro atoms. The highest BCUT2D eigenvalue weighted by molar-refractivity contribution is 5.92. The quantitative estimate of drug-likeness (QED) is 0.765. The summed E-state index contributed by atoms with van der Waals surface area (Å²) in [5.41, 5.74) is 2.05. The van der Waals surface area contributed by atoms with Crippen LogP contribution in [0.25, 0.3) is 10.9 Å². The molecule has 16 heavy (non-hydrogen) atoms. The molecule has 1 fully saturated rings. The topological polar surface area (TPSA) is 31.1 Å². The predicted octanol–water partition coefficient (Wildman–Crippen LogP) is 1.72. The first-order valence-electron chi connectivity index (χ1n) is 5.57. The van der Waals surface area contributed by atoms with E-state index in [1.807, 2.05) is 12.3 Å². The van der Waals surface area contributed by atoms with Crippen molar-refractivity contribution in [3.05, 3.63) is 30.2 Å². The van der Waals surface area contributed by atoms with Crippen LogP contribution in [0.4, 0.5) is 10.1 Å². The monoisotopic (exact) mass is 219 g/mol. The normalized spacial score (nSPS) is 16.9. The van der Waals surface area contributed by atoms with Crippen molar-refractivity contribution >= 4 is 16.6 Å². The summed E-state index contributed by atoms with van der Waals surface area (Å²) < 4.78 is 13.0. The Labute approximate surface area is 93.3 Å². The number of anilines is 1. The van der Waals surface area contributed by atoms with Crippen molar-refractivity contribution in [1.29, 1.82) is 0 Å². The molecular weight excluding hydrogens is 205 g/mol. The minimum atomic E-state index is -0.193. The van der Waals surface area contributed by atoms with Crippen molar-refractivity contribution in [2.24, 2.45) is 0 Å². The maximum absolute atomic E-state index is 13.0. The molecule has 84 valence electrons. The average molecular weight is 219 g/mol. The molecule has 4 heteroatoms. The number of piperazine rings is 1. The van der Waals surface area contributed by atoms with Gasteiger partial charge in [0.2, 0.25) is 0 Å². The summed E-state index contributed by atoms with van der Waals surface area (Å²) in [7, 11) is 0. The zero-order valence-electron chi connectivity index (χ0n) is 8.96. The number of fused-ring (bicyclic) bond motifs is 1. The molecule has 2 aromatic rings. The van der Waals surface area contributed by atoms with Crippen molar-refractivity contribution < 1.29 is 4.39 Å². The molecule has 0 radical (unpaired) electrons. The first-order valence-corrected chi connectivity index (χ1v) is 5.57. The van der Waals surface area contributed by atoms with E-state index in [0.717, 1.165) is 37.1 Å². The number of rotatable bonds is 1. The Kier molecular flexibility index (Phi) is 2.29. The van der Waals surface area contributed by atoms with Gasteiger partial charge in [0, 0.05) is 37.8 Å². The highest BCUT2D eigenvalue weighted by atomic mass is 19.1. The summed E-state index contributed by atoms with van der Waals surface area (Å²) in [6, 6.07) is 4.90. The Morgan fingerprint density at radius 2 is 2.00 bits per heavy atom. The fourth-order valence-electron chi connectivity index (χ4n) is 2.25. The van der Waals surface area contributed by atoms with E-state index < -0.39 is 0 Å². The average Bonchev–Trinajstić information content (AvgIpc) is 2.73. The molecule has 0 atom stereocenters. The van der Waals surface area contributed by atoms with Gasteiger partial charge in [-0.15, -0.1) is 0 Å². The highest BCUT2D eigenvalue weighted by Crippen LogP contribution is 2.27. The van der Waals surface area contributed by atoms with Crippen LogP contribution in [-0.2, 0) is 0 Å². The van der Waals surface area contributed by atoms with Crippen LogP contribution in [-0.4, -0.2) is 31.2 Å². The minimum Gasteiger partial charge on any atom is -0.367 e. The van der Waals surface area contributed by atoms with Crippen molar-refractivity contribution in [2.45, 2.75) is 0 Å². The molecule has 0 bridgehead atoms. The van der Waals surface area contributed by atoms with Gasteiger partial charge in [0.15, 0.2) is 0 Å². The van der Waals surface area contributed by atoms with Crippen molar-refractivity contribution in [1.82, 2.24) is 10.3 Å². The second-order valence-corrected chi connectivity index (χ2v) is 4.10. The van der Waals surface area contributed by atoms with E-state index in [2.05, 4.69) is 15.2 Å². The number of hydrogen-bond donors (Lipinski definition) is 2. The third-order valence-corrected chi connectivity index (χ3v) is 3.08. The number of aromatic nitrogens is 1. The Bertz CT molecular complexity index is 500. The van der Waals surface area contributed by atoms with Crippen LogP contribution in [0.2, 0.25) is 0 Å². The van der Waals surface area contributed by atoms with Gasteiger partial charge in [0.25, 0.3) is 0 Å². The van der Waals surface area contributed by atoms with E-state index in [0.29, 0.717) is 0 Å². The van der Waals surface area contributed by atoms with Crippen LogP contribution in [0.3, 0.4) is 0 Å². The maximum Gasteiger partial charge on any atom is 0.125 e. The molecular formula is C12H14FN3. The van der Waals surface area contributed by atoms with E-state index in [-0.39, 0.29) is 5.82 Å². The van der Waals surface area contributed by atoms with E-state index >= 15 is 0 Å². The number of hydrogen-bond acceptors (Lipinski definition) is 2. The lowest BCUT2D eigenvalue weighted by atomic mass is 10.2. The highest BCUT2D eigenvalue weighted by Gasteiger charge is 2.14. The number of halogens is 1. The molecule has 2 heterocycles. The van der Waals surface area contributed by atoms with Crippen LogP contribution < -0.4 is 10.2 Å². The molecule has 0 saturated carbocycles. The molecule has 1 aliphatic rings. The molecule has 0 unspecified atom stereocenters. The van der Waals surface area contributed by atoms with Gasteiger partial charge in [-0.3, -0.25) is 0 Å². The zero-order chi connectivity index (χ0) is 11.0. The maximum atomic E-state index is 13.0. The van der Waals surface area contributed by atoms with Crippen molar-refractivity contribution in [3.63, 3.8) is 0 Å². The van der Waals surface area contributed by atoms with Crippen LogP contribution in [0, 0.1) is 5.82 Å². The molecule has 1 saturated heterocycles. The Hall–Kier alpha value is -1.55. The molecule has 2 N–H and O–H groups in total. The predicted molar refractivity (Wildman–Crippen MR) is 63.3 cm³/mol. The second-order valence-electron chi connectivity index (χ2n) is 4.10. The largest absolute Gasteiger partial charge is 0.367 e. The summed E-state index contributed by atoms with van der Waals surface area (Å²) in [6.45, 7) is 4.02. The fraction of sp³-hybridized carbons (Fsp3) is 0.333. The molecule has 0 aliphatic carbocycles. The van der Waals surface area contributed by atoms with Crippen LogP contribution in [0.15, 0.2) is 24.4 Å². The summed E-state index contributed by atoms with van der Waals surface area (Å²) in [4.78, 5) is 5.45. The zero-order valence-corrected chi connectivity index (χ0v) is 8.96. The first kappa shape index (κ1) is 9.66. The van der Waals surface area contributed by atoms with Crippen molar-refractivity contribution in [3.8, 4) is 0 Å². The molecule has 1 aliphatic heterocycles. The van der Waals surface area contributed by atoms with Gasteiger partial charge >= 0.3 is 0 Å². The number of H-pyrrole nitrogens is 1. The Balaban J connectivity index is 2.03. The summed E-state index contributed by atoms with van der Waals surface area (Å²) >= 11 is 0. The SMILES string of the molecule is Fc1ccc2c(N3CCNCC3)c[nH]c2c1. The smallest absolute Gasteiger partial charge is 0.125 e. The number of benzene rings is 1. The second kappa shape index (κ2) is 3.79. The minimum absolute atomic E-state index is 0.193. The summed E-state index contributed by atoms with van der Waals surface area (Å²) in [6.07, 6.45) is 1.97. The van der Waals surface area contributed by atoms with Gasteiger partial charge in [-0.25, -0.2) is 4.39 Å². The molecule has 3 nitrogen and oxygen atoms in total. The molecule has 1 aromatic carbocycles. The molecule has 1 aromatic heterocycles. The lowest BCUT2D eigenvalue weighted by Crippen LogP contribution is -2.43. The van der Waals surface area contributed by atoms with Crippen LogP contribution >= 0.6 is 0 Å². The Morgan fingerprint density at radius 1 is 1.19 bits per heavy atom.